The topological polar surface area (TPSA) is 71.7 Å². The van der Waals surface area contributed by atoms with Crippen LogP contribution in [0, 0.1) is 6.92 Å². The number of likely N-dealkylation sites (tertiary alicyclic amines) is 1. The zero-order valence-corrected chi connectivity index (χ0v) is 11.7. The Balaban J connectivity index is 1.57. The van der Waals surface area contributed by atoms with Crippen LogP contribution in [0.1, 0.15) is 24.6 Å². The molecular weight excluding hydrogens is 260 g/mol. The highest BCUT2D eigenvalue weighted by atomic mass is 16.5. The first-order valence-electron chi connectivity index (χ1n) is 7.14. The van der Waals surface area contributed by atoms with Crippen LogP contribution in [-0.4, -0.2) is 64.7 Å². The minimum Gasteiger partial charge on any atom is -0.366 e. The van der Waals surface area contributed by atoms with Gasteiger partial charge in [0.05, 0.1) is 13.2 Å². The van der Waals surface area contributed by atoms with Crippen molar-refractivity contribution in [2.75, 3.05) is 32.8 Å². The molecule has 1 aromatic rings. The molecule has 1 aromatic heterocycles. The summed E-state index contributed by atoms with van der Waals surface area (Å²) in [4.78, 5) is 20.6. The monoisotopic (exact) mass is 280 g/mol. The Labute approximate surface area is 117 Å². The molecule has 0 bridgehead atoms. The van der Waals surface area contributed by atoms with Crippen LogP contribution in [0.5, 0.6) is 0 Å². The van der Waals surface area contributed by atoms with Crippen molar-refractivity contribution in [3.8, 4) is 0 Å². The lowest BCUT2D eigenvalue weighted by Crippen LogP contribution is -2.50. The second-order valence-corrected chi connectivity index (χ2v) is 5.36. The number of carbonyl (C=O) groups excluding carboxylic acids is 1. The minimum atomic E-state index is -0.356. The van der Waals surface area contributed by atoms with E-state index in [9.17, 15) is 4.79 Å². The number of ether oxygens (including phenoxy) is 1. The van der Waals surface area contributed by atoms with Gasteiger partial charge < -0.3 is 14.2 Å². The smallest absolute Gasteiger partial charge is 0.253 e. The van der Waals surface area contributed by atoms with Gasteiger partial charge in [0.15, 0.2) is 5.82 Å². The predicted molar refractivity (Wildman–Crippen MR) is 69.9 cm³/mol. The lowest BCUT2D eigenvalue weighted by molar-refractivity contribution is -0.148. The van der Waals surface area contributed by atoms with E-state index in [1.807, 2.05) is 4.90 Å². The lowest BCUT2D eigenvalue weighted by atomic mass is 10.2. The number of hydrogen-bond acceptors (Lipinski definition) is 6. The Morgan fingerprint density at radius 1 is 1.35 bits per heavy atom. The summed E-state index contributed by atoms with van der Waals surface area (Å²) in [6, 6.07) is 0. The van der Waals surface area contributed by atoms with Crippen LogP contribution in [0.15, 0.2) is 4.52 Å². The van der Waals surface area contributed by atoms with Crippen LogP contribution in [0.3, 0.4) is 0 Å². The van der Waals surface area contributed by atoms with Gasteiger partial charge in [-0.2, -0.15) is 4.98 Å². The van der Waals surface area contributed by atoms with Gasteiger partial charge in [-0.3, -0.25) is 9.69 Å². The highest BCUT2D eigenvalue weighted by molar-refractivity contribution is 5.81. The molecule has 0 aromatic carbocycles. The average molecular weight is 280 g/mol. The summed E-state index contributed by atoms with van der Waals surface area (Å²) in [5.41, 5.74) is 0. The van der Waals surface area contributed by atoms with E-state index in [1.165, 1.54) is 0 Å². The quantitative estimate of drug-likeness (QED) is 0.787. The van der Waals surface area contributed by atoms with E-state index in [1.54, 1.807) is 6.92 Å². The molecular formula is C13H20N4O3. The third-order valence-electron chi connectivity index (χ3n) is 3.77. The Bertz CT molecular complexity index is 470. The highest BCUT2D eigenvalue weighted by Crippen LogP contribution is 2.15. The molecule has 7 nitrogen and oxygen atoms in total. The van der Waals surface area contributed by atoms with Gasteiger partial charge in [-0.25, -0.2) is 0 Å². The molecule has 0 aliphatic carbocycles. The minimum absolute atomic E-state index is 0.119. The molecule has 2 aliphatic rings. The molecule has 1 unspecified atom stereocenters. The van der Waals surface area contributed by atoms with Crippen LogP contribution in [0.2, 0.25) is 0 Å². The van der Waals surface area contributed by atoms with Gasteiger partial charge in [-0.15, -0.1) is 0 Å². The van der Waals surface area contributed by atoms with Crippen molar-refractivity contribution in [3.63, 3.8) is 0 Å². The van der Waals surface area contributed by atoms with Crippen molar-refractivity contribution in [1.29, 1.82) is 0 Å². The Hall–Kier alpha value is -1.47. The number of morpholine rings is 1. The molecule has 0 spiro atoms. The van der Waals surface area contributed by atoms with E-state index in [4.69, 9.17) is 9.26 Å². The first-order valence-corrected chi connectivity index (χ1v) is 7.14. The molecule has 2 aliphatic heterocycles. The largest absolute Gasteiger partial charge is 0.366 e. The summed E-state index contributed by atoms with van der Waals surface area (Å²) in [5, 5.41) is 3.78. The molecule has 7 heteroatoms. The van der Waals surface area contributed by atoms with E-state index in [0.717, 1.165) is 32.5 Å². The summed E-state index contributed by atoms with van der Waals surface area (Å²) < 4.78 is 10.7. The zero-order chi connectivity index (χ0) is 13.9. The molecule has 1 amide bonds. The van der Waals surface area contributed by atoms with E-state index >= 15 is 0 Å². The average Bonchev–Trinajstić information content (AvgIpc) is 3.10. The van der Waals surface area contributed by atoms with Crippen LogP contribution < -0.4 is 0 Å². The summed E-state index contributed by atoms with van der Waals surface area (Å²) >= 11 is 0. The van der Waals surface area contributed by atoms with Gasteiger partial charge in [-0.05, 0) is 19.8 Å². The molecule has 20 heavy (non-hydrogen) atoms. The van der Waals surface area contributed by atoms with Crippen LogP contribution >= 0.6 is 0 Å². The molecule has 0 saturated carbocycles. The number of rotatable bonds is 3. The second kappa shape index (κ2) is 5.88. The molecule has 0 N–H and O–H groups in total. The van der Waals surface area contributed by atoms with Gasteiger partial charge in [0.2, 0.25) is 5.89 Å². The van der Waals surface area contributed by atoms with Crippen molar-refractivity contribution in [2.24, 2.45) is 0 Å². The highest BCUT2D eigenvalue weighted by Gasteiger charge is 2.31. The van der Waals surface area contributed by atoms with Gasteiger partial charge in [0.25, 0.3) is 5.91 Å². The zero-order valence-electron chi connectivity index (χ0n) is 11.7. The number of nitrogens with zero attached hydrogens (tertiary/aromatic N) is 4. The molecule has 0 radical (unpaired) electrons. The predicted octanol–water partition coefficient (Wildman–Crippen LogP) is 0.201. The maximum atomic E-state index is 12.3. The van der Waals surface area contributed by atoms with Crippen molar-refractivity contribution < 1.29 is 14.1 Å². The third kappa shape index (κ3) is 2.99. The number of aryl methyl sites for hydroxylation is 1. The second-order valence-electron chi connectivity index (χ2n) is 5.36. The Morgan fingerprint density at radius 3 is 2.85 bits per heavy atom. The fraction of sp³-hybridized carbons (Fsp3) is 0.769. The van der Waals surface area contributed by atoms with Crippen LogP contribution in [0.25, 0.3) is 0 Å². The normalized spacial score (nSPS) is 24.2. The lowest BCUT2D eigenvalue weighted by Gasteiger charge is -2.33. The Kier molecular flexibility index (Phi) is 3.98. The van der Waals surface area contributed by atoms with Crippen LogP contribution in [0.4, 0.5) is 0 Å². The van der Waals surface area contributed by atoms with Gasteiger partial charge in [0.1, 0.15) is 6.10 Å². The fourth-order valence-electron chi connectivity index (χ4n) is 2.73. The van der Waals surface area contributed by atoms with Gasteiger partial charge in [-0.1, -0.05) is 5.16 Å². The number of amides is 1. The van der Waals surface area contributed by atoms with Crippen molar-refractivity contribution in [1.82, 2.24) is 19.9 Å². The fourth-order valence-corrected chi connectivity index (χ4v) is 2.73. The van der Waals surface area contributed by atoms with Gasteiger partial charge >= 0.3 is 0 Å². The maximum Gasteiger partial charge on any atom is 0.253 e. The SMILES string of the molecule is Cc1noc(CN2CCOC(C(=O)N3CCCC3)C2)n1. The van der Waals surface area contributed by atoms with E-state index < -0.39 is 0 Å². The van der Waals surface area contributed by atoms with Gasteiger partial charge in [0, 0.05) is 26.2 Å². The first-order chi connectivity index (χ1) is 9.72. The molecule has 110 valence electrons. The van der Waals surface area contributed by atoms with Crippen molar-refractivity contribution >= 4 is 5.91 Å². The maximum absolute atomic E-state index is 12.3. The molecule has 3 heterocycles. The summed E-state index contributed by atoms with van der Waals surface area (Å²) in [6.45, 7) is 6.04. The van der Waals surface area contributed by atoms with E-state index in [0.29, 0.717) is 31.4 Å². The molecule has 2 saturated heterocycles. The molecule has 1 atom stereocenters. The summed E-state index contributed by atoms with van der Waals surface area (Å²) in [6.07, 6.45) is 1.85. The van der Waals surface area contributed by atoms with Crippen molar-refractivity contribution in [2.45, 2.75) is 32.4 Å². The van der Waals surface area contributed by atoms with Crippen LogP contribution in [-0.2, 0) is 16.1 Å². The molecule has 2 fully saturated rings. The number of carbonyl (C=O) groups is 1. The van der Waals surface area contributed by atoms with Crippen molar-refractivity contribution in [3.05, 3.63) is 11.7 Å². The molecule has 3 rings (SSSR count). The Morgan fingerprint density at radius 2 is 2.15 bits per heavy atom. The number of aromatic nitrogens is 2. The summed E-state index contributed by atoms with van der Waals surface area (Å²) in [7, 11) is 0. The third-order valence-corrected chi connectivity index (χ3v) is 3.77. The summed E-state index contributed by atoms with van der Waals surface area (Å²) in [5.74, 6) is 1.35. The first kappa shape index (κ1) is 13.5. The number of hydrogen-bond donors (Lipinski definition) is 0. The van der Waals surface area contributed by atoms with E-state index in [2.05, 4.69) is 15.0 Å². The van der Waals surface area contributed by atoms with E-state index in [-0.39, 0.29) is 12.0 Å². The standard InChI is InChI=1S/C13H20N4O3/c1-10-14-12(20-15-10)9-16-6-7-19-11(8-16)13(18)17-4-2-3-5-17/h11H,2-9H2,1H3.